The average molecular weight is 426 g/mol. The van der Waals surface area contributed by atoms with E-state index in [2.05, 4.69) is 44.7 Å². The van der Waals surface area contributed by atoms with E-state index in [1.807, 2.05) is 0 Å². The SMILES string of the molecule is CS(C)(C)CCOCn1cc(C(F)(F)F)nc1-c1ccc(Br)nc1. The minimum Gasteiger partial charge on any atom is -0.360 e. The van der Waals surface area contributed by atoms with Crippen LogP contribution >= 0.6 is 26.0 Å². The molecule has 0 aliphatic carbocycles. The number of hydrogen-bond acceptors (Lipinski definition) is 3. The predicted octanol–water partition coefficient (Wildman–Crippen LogP) is 4.39. The van der Waals surface area contributed by atoms with Gasteiger partial charge in [-0.2, -0.15) is 13.2 Å². The lowest BCUT2D eigenvalue weighted by Gasteiger charge is -2.24. The second-order valence-corrected chi connectivity index (χ2v) is 11.5. The first kappa shape index (κ1) is 19.3. The standard InChI is InChI=1S/C15H19BrF3N3OS/c1-24(2,3)7-6-23-10-22-9-12(15(17,18)19)21-14(22)11-4-5-13(16)20-8-11/h4-5,8-9H,6-7,10H2,1-3H3. The van der Waals surface area contributed by atoms with Gasteiger partial charge in [-0.15, -0.1) is 0 Å². The maximum absolute atomic E-state index is 13.0. The number of nitrogens with zero attached hydrogens (tertiary/aromatic N) is 3. The normalized spacial score (nSPS) is 13.3. The molecular formula is C15H19BrF3N3OS. The van der Waals surface area contributed by atoms with Gasteiger partial charge >= 0.3 is 6.18 Å². The van der Waals surface area contributed by atoms with Crippen molar-refractivity contribution in [3.8, 4) is 11.4 Å². The summed E-state index contributed by atoms with van der Waals surface area (Å²) >= 11 is 3.20. The van der Waals surface area contributed by atoms with Crippen LogP contribution in [0, 0.1) is 0 Å². The van der Waals surface area contributed by atoms with Crippen LogP contribution in [-0.4, -0.2) is 45.7 Å². The molecule has 2 aromatic heterocycles. The Morgan fingerprint density at radius 2 is 1.96 bits per heavy atom. The predicted molar refractivity (Wildman–Crippen MR) is 94.3 cm³/mol. The van der Waals surface area contributed by atoms with Gasteiger partial charge in [-0.05, 0) is 46.8 Å². The van der Waals surface area contributed by atoms with Gasteiger partial charge < -0.3 is 9.30 Å². The summed E-state index contributed by atoms with van der Waals surface area (Å²) in [7, 11) is -0.709. The van der Waals surface area contributed by atoms with Crippen molar-refractivity contribution in [2.24, 2.45) is 0 Å². The van der Waals surface area contributed by atoms with E-state index in [1.165, 1.54) is 10.8 Å². The van der Waals surface area contributed by atoms with Crippen molar-refractivity contribution in [3.63, 3.8) is 0 Å². The highest BCUT2D eigenvalue weighted by molar-refractivity contribution is 9.10. The van der Waals surface area contributed by atoms with Crippen LogP contribution in [0.15, 0.2) is 29.1 Å². The summed E-state index contributed by atoms with van der Waals surface area (Å²) in [6.07, 6.45) is 4.43. The van der Waals surface area contributed by atoms with Crippen molar-refractivity contribution in [2.45, 2.75) is 12.9 Å². The van der Waals surface area contributed by atoms with Gasteiger partial charge in [0, 0.05) is 23.7 Å². The number of aromatic nitrogens is 3. The molecule has 0 atom stereocenters. The molecule has 4 nitrogen and oxygen atoms in total. The van der Waals surface area contributed by atoms with Crippen molar-refractivity contribution in [1.82, 2.24) is 14.5 Å². The zero-order valence-electron chi connectivity index (χ0n) is 13.6. The molecule has 0 saturated carbocycles. The molecule has 134 valence electrons. The molecule has 0 unspecified atom stereocenters. The second kappa shape index (κ2) is 7.45. The summed E-state index contributed by atoms with van der Waals surface area (Å²) in [5.74, 6) is 1.08. The maximum Gasteiger partial charge on any atom is 0.434 e. The Kier molecular flexibility index (Phi) is 5.98. The fraction of sp³-hybridized carbons (Fsp3) is 0.467. The van der Waals surface area contributed by atoms with Crippen LogP contribution < -0.4 is 0 Å². The van der Waals surface area contributed by atoms with Crippen molar-refractivity contribution >= 4 is 26.0 Å². The minimum atomic E-state index is -4.50. The highest BCUT2D eigenvalue weighted by atomic mass is 79.9. The Morgan fingerprint density at radius 3 is 2.50 bits per heavy atom. The highest BCUT2D eigenvalue weighted by Gasteiger charge is 2.35. The number of ether oxygens (including phenoxy) is 1. The number of hydrogen-bond donors (Lipinski definition) is 0. The molecule has 0 fully saturated rings. The van der Waals surface area contributed by atoms with E-state index in [-0.39, 0.29) is 12.6 Å². The van der Waals surface area contributed by atoms with Crippen molar-refractivity contribution in [1.29, 1.82) is 0 Å². The number of rotatable bonds is 6. The number of imidazole rings is 1. The first-order chi connectivity index (χ1) is 11.1. The number of alkyl halides is 3. The summed E-state index contributed by atoms with van der Waals surface area (Å²) in [6.45, 7) is 0.514. The van der Waals surface area contributed by atoms with Crippen LogP contribution in [-0.2, 0) is 17.6 Å². The molecule has 24 heavy (non-hydrogen) atoms. The molecule has 0 aliphatic rings. The Hall–Kier alpha value is -1.06. The van der Waals surface area contributed by atoms with Crippen molar-refractivity contribution < 1.29 is 17.9 Å². The molecule has 0 amide bonds. The summed E-state index contributed by atoms with van der Waals surface area (Å²) in [5.41, 5.74) is -0.441. The van der Waals surface area contributed by atoms with E-state index in [4.69, 9.17) is 4.74 Å². The lowest BCUT2D eigenvalue weighted by Crippen LogP contribution is -2.10. The van der Waals surface area contributed by atoms with Gasteiger partial charge in [-0.3, -0.25) is 0 Å². The molecule has 0 aromatic carbocycles. The van der Waals surface area contributed by atoms with Gasteiger partial charge in [-0.25, -0.2) is 20.0 Å². The molecular weight excluding hydrogens is 407 g/mol. The van der Waals surface area contributed by atoms with Crippen molar-refractivity contribution in [2.75, 3.05) is 31.1 Å². The number of halogens is 4. The molecule has 9 heteroatoms. The maximum atomic E-state index is 13.0. The Bertz CT molecular complexity index is 681. The van der Waals surface area contributed by atoms with Crippen LogP contribution in [0.3, 0.4) is 0 Å². The summed E-state index contributed by atoms with van der Waals surface area (Å²) in [6, 6.07) is 3.32. The van der Waals surface area contributed by atoms with Gasteiger partial charge in [0.25, 0.3) is 0 Å². The molecule has 0 spiro atoms. The van der Waals surface area contributed by atoms with Crippen LogP contribution in [0.2, 0.25) is 0 Å². The van der Waals surface area contributed by atoms with Crippen LogP contribution in [0.1, 0.15) is 5.69 Å². The second-order valence-electron chi connectivity index (χ2n) is 6.12. The smallest absolute Gasteiger partial charge is 0.360 e. The Labute approximate surface area is 148 Å². The quantitative estimate of drug-likeness (QED) is 0.508. The largest absolute Gasteiger partial charge is 0.434 e. The summed E-state index contributed by atoms with van der Waals surface area (Å²) in [4.78, 5) is 7.76. The van der Waals surface area contributed by atoms with E-state index >= 15 is 0 Å². The van der Waals surface area contributed by atoms with Gasteiger partial charge in [0.15, 0.2) is 5.69 Å². The third kappa shape index (κ3) is 5.49. The molecule has 0 saturated heterocycles. The first-order valence-electron chi connectivity index (χ1n) is 7.06. The Morgan fingerprint density at radius 1 is 1.25 bits per heavy atom. The third-order valence-electron chi connectivity index (χ3n) is 3.12. The molecule has 0 aliphatic heterocycles. The lowest BCUT2D eigenvalue weighted by atomic mass is 10.3. The molecule has 0 N–H and O–H groups in total. The topological polar surface area (TPSA) is 39.9 Å². The molecule has 2 rings (SSSR count). The van der Waals surface area contributed by atoms with Gasteiger partial charge in [-0.1, -0.05) is 0 Å². The fourth-order valence-electron chi connectivity index (χ4n) is 1.86. The highest BCUT2D eigenvalue weighted by Crippen LogP contribution is 2.34. The zero-order valence-corrected chi connectivity index (χ0v) is 16.0. The summed E-state index contributed by atoms with van der Waals surface area (Å²) in [5, 5.41) is 0. The van der Waals surface area contributed by atoms with Crippen LogP contribution in [0.25, 0.3) is 11.4 Å². The average Bonchev–Trinajstić information content (AvgIpc) is 2.88. The lowest BCUT2D eigenvalue weighted by molar-refractivity contribution is -0.141. The van der Waals surface area contributed by atoms with E-state index < -0.39 is 21.9 Å². The van der Waals surface area contributed by atoms with Gasteiger partial charge in [0.2, 0.25) is 0 Å². The van der Waals surface area contributed by atoms with E-state index in [0.29, 0.717) is 16.8 Å². The molecule has 2 aromatic rings. The number of pyridine rings is 1. The molecule has 0 radical (unpaired) electrons. The molecule has 2 heterocycles. The van der Waals surface area contributed by atoms with E-state index in [9.17, 15) is 13.2 Å². The van der Waals surface area contributed by atoms with Gasteiger partial charge in [0.05, 0.1) is 6.61 Å². The van der Waals surface area contributed by atoms with Crippen molar-refractivity contribution in [3.05, 3.63) is 34.8 Å². The van der Waals surface area contributed by atoms with Crippen LogP contribution in [0.5, 0.6) is 0 Å². The zero-order chi connectivity index (χ0) is 18.0. The fourth-order valence-corrected chi connectivity index (χ4v) is 2.71. The minimum absolute atomic E-state index is 0.0179. The summed E-state index contributed by atoms with van der Waals surface area (Å²) < 4.78 is 46.4. The van der Waals surface area contributed by atoms with Gasteiger partial charge in [0.1, 0.15) is 17.2 Å². The van der Waals surface area contributed by atoms with Crippen LogP contribution in [0.4, 0.5) is 13.2 Å². The van der Waals surface area contributed by atoms with E-state index in [0.717, 1.165) is 11.9 Å². The Balaban J connectivity index is 2.21. The molecule has 0 bridgehead atoms. The third-order valence-corrected chi connectivity index (χ3v) is 4.98. The first-order valence-corrected chi connectivity index (χ1v) is 10.9. The monoisotopic (exact) mass is 425 g/mol. The van der Waals surface area contributed by atoms with E-state index in [1.54, 1.807) is 12.1 Å².